The standard InChI is InChI=1S/C28H22N6O4/c1-33-25-23(27(36)34(2)28(33)37)20(14-8-10-15(38-3)11-9-14)22-21(17(12-29)26(35)32-24(22)31-25)18-13-30-19-7-5-4-6-16(18)19/h4-11,13,20,30H,1-3H3,(H2,31,32,35). The van der Waals surface area contributed by atoms with Crippen LogP contribution in [-0.4, -0.2) is 26.2 Å². The second-order valence-electron chi connectivity index (χ2n) is 9.15. The smallest absolute Gasteiger partial charge is 0.332 e. The number of H-pyrrole nitrogens is 2. The Hall–Kier alpha value is -5.30. The summed E-state index contributed by atoms with van der Waals surface area (Å²) >= 11 is 0. The second-order valence-corrected chi connectivity index (χ2v) is 9.15. The van der Waals surface area contributed by atoms with Crippen molar-refractivity contribution in [1.29, 1.82) is 5.26 Å². The first-order valence-electron chi connectivity index (χ1n) is 11.8. The number of aromatic amines is 2. The van der Waals surface area contributed by atoms with Crippen LogP contribution in [0.2, 0.25) is 0 Å². The first-order chi connectivity index (χ1) is 18.3. The highest BCUT2D eigenvalue weighted by atomic mass is 16.5. The molecule has 1 unspecified atom stereocenters. The summed E-state index contributed by atoms with van der Waals surface area (Å²) in [6.45, 7) is 0. The number of rotatable bonds is 3. The predicted octanol–water partition coefficient (Wildman–Crippen LogP) is 3.04. The summed E-state index contributed by atoms with van der Waals surface area (Å²) in [6, 6.07) is 16.9. The molecule has 0 saturated carbocycles. The van der Waals surface area contributed by atoms with Crippen LogP contribution in [0.4, 0.5) is 11.6 Å². The number of anilines is 2. The molecule has 0 amide bonds. The van der Waals surface area contributed by atoms with Crippen molar-refractivity contribution in [3.05, 3.63) is 108 Å². The molecule has 10 heteroatoms. The Balaban J connectivity index is 1.80. The summed E-state index contributed by atoms with van der Waals surface area (Å²) in [5.74, 6) is 0.500. The van der Waals surface area contributed by atoms with Crippen molar-refractivity contribution in [2.45, 2.75) is 5.92 Å². The fourth-order valence-electron chi connectivity index (χ4n) is 5.34. The Morgan fingerprint density at radius 3 is 2.42 bits per heavy atom. The van der Waals surface area contributed by atoms with E-state index in [0.717, 1.165) is 21.0 Å². The normalized spacial score (nSPS) is 13.9. The van der Waals surface area contributed by atoms with Gasteiger partial charge in [0.2, 0.25) is 0 Å². The van der Waals surface area contributed by atoms with Crippen molar-refractivity contribution in [2.75, 3.05) is 12.4 Å². The minimum absolute atomic E-state index is 0.0705. The van der Waals surface area contributed by atoms with Crippen LogP contribution in [0.3, 0.4) is 0 Å². The van der Waals surface area contributed by atoms with E-state index in [4.69, 9.17) is 4.74 Å². The SMILES string of the molecule is COc1ccc(C2c3c([nH]c(=O)c(C#N)c3-c3c[nH]c4ccccc34)Nc3c2c(=O)n(C)c(=O)n3C)cc1. The van der Waals surface area contributed by atoms with Gasteiger partial charge < -0.3 is 20.0 Å². The Labute approximate surface area is 215 Å². The van der Waals surface area contributed by atoms with Crippen LogP contribution in [0.25, 0.3) is 22.0 Å². The first-order valence-corrected chi connectivity index (χ1v) is 11.8. The Bertz CT molecular complexity index is 1990. The molecule has 0 fully saturated rings. The molecule has 2 aromatic carbocycles. The lowest BCUT2D eigenvalue weighted by atomic mass is 9.79. The third-order valence-corrected chi connectivity index (χ3v) is 7.19. The largest absolute Gasteiger partial charge is 0.497 e. The number of hydrogen-bond donors (Lipinski definition) is 3. The lowest BCUT2D eigenvalue weighted by molar-refractivity contribution is 0.414. The molecule has 38 heavy (non-hydrogen) atoms. The fourth-order valence-corrected chi connectivity index (χ4v) is 5.34. The van der Waals surface area contributed by atoms with Gasteiger partial charge in [-0.05, 0) is 23.8 Å². The number of nitriles is 1. The van der Waals surface area contributed by atoms with Crippen molar-refractivity contribution >= 4 is 22.5 Å². The van der Waals surface area contributed by atoms with E-state index >= 15 is 0 Å². The van der Waals surface area contributed by atoms with Crippen LogP contribution in [-0.2, 0) is 14.1 Å². The number of hydrogen-bond acceptors (Lipinski definition) is 6. The van der Waals surface area contributed by atoms with Crippen LogP contribution in [0.5, 0.6) is 5.75 Å². The predicted molar refractivity (Wildman–Crippen MR) is 143 cm³/mol. The molecule has 0 aliphatic carbocycles. The molecule has 3 N–H and O–H groups in total. The zero-order valence-electron chi connectivity index (χ0n) is 20.7. The number of aromatic nitrogens is 4. The first kappa shape index (κ1) is 23.1. The van der Waals surface area contributed by atoms with Crippen molar-refractivity contribution in [3.63, 3.8) is 0 Å². The van der Waals surface area contributed by atoms with Crippen molar-refractivity contribution in [2.24, 2.45) is 14.1 Å². The van der Waals surface area contributed by atoms with Crippen LogP contribution in [0, 0.1) is 11.3 Å². The molecular weight excluding hydrogens is 484 g/mol. The van der Waals surface area contributed by atoms with E-state index < -0.39 is 22.7 Å². The van der Waals surface area contributed by atoms with E-state index in [0.29, 0.717) is 33.8 Å². The van der Waals surface area contributed by atoms with E-state index in [1.807, 2.05) is 36.4 Å². The quantitative estimate of drug-likeness (QED) is 0.337. The molecule has 0 saturated heterocycles. The van der Waals surface area contributed by atoms with Crippen LogP contribution < -0.4 is 26.9 Å². The molecule has 1 aliphatic rings. The Morgan fingerprint density at radius 1 is 0.974 bits per heavy atom. The topological polar surface area (TPSA) is 138 Å². The van der Waals surface area contributed by atoms with Gasteiger partial charge in [0.05, 0.1) is 12.7 Å². The molecule has 5 aromatic rings. The van der Waals surface area contributed by atoms with Gasteiger partial charge in [-0.15, -0.1) is 0 Å². The molecule has 6 rings (SSSR count). The van der Waals surface area contributed by atoms with E-state index in [1.54, 1.807) is 32.5 Å². The van der Waals surface area contributed by atoms with Crippen LogP contribution >= 0.6 is 0 Å². The summed E-state index contributed by atoms with van der Waals surface area (Å²) in [6.07, 6.45) is 1.76. The lowest BCUT2D eigenvalue weighted by Crippen LogP contribution is -2.42. The van der Waals surface area contributed by atoms with Crippen LogP contribution in [0.15, 0.2) is 69.1 Å². The number of methoxy groups -OCH3 is 1. The van der Waals surface area contributed by atoms with Gasteiger partial charge in [-0.25, -0.2) is 4.79 Å². The third-order valence-electron chi connectivity index (χ3n) is 7.19. The molecule has 1 atom stereocenters. The minimum Gasteiger partial charge on any atom is -0.497 e. The Morgan fingerprint density at radius 2 is 1.71 bits per heavy atom. The number of nitrogens with zero attached hydrogens (tertiary/aromatic N) is 3. The Kier molecular flexibility index (Phi) is 5.10. The van der Waals surface area contributed by atoms with Gasteiger partial charge in [-0.2, -0.15) is 5.26 Å². The minimum atomic E-state index is -0.717. The summed E-state index contributed by atoms with van der Waals surface area (Å²) < 4.78 is 7.74. The molecule has 3 aromatic heterocycles. The number of ether oxygens (including phenoxy) is 1. The van der Waals surface area contributed by atoms with Crippen molar-refractivity contribution in [1.82, 2.24) is 19.1 Å². The van der Waals surface area contributed by atoms with Gasteiger partial charge in [0.1, 0.15) is 29.0 Å². The van der Waals surface area contributed by atoms with E-state index in [9.17, 15) is 19.6 Å². The number of fused-ring (bicyclic) bond motifs is 3. The van der Waals surface area contributed by atoms with Gasteiger partial charge >= 0.3 is 5.69 Å². The third kappa shape index (κ3) is 3.15. The summed E-state index contributed by atoms with van der Waals surface area (Å²) in [5.41, 5.74) is 1.88. The van der Waals surface area contributed by atoms with Crippen molar-refractivity contribution < 1.29 is 4.74 Å². The van der Waals surface area contributed by atoms with Gasteiger partial charge in [0.25, 0.3) is 11.1 Å². The van der Waals surface area contributed by atoms with E-state index in [2.05, 4.69) is 21.4 Å². The zero-order valence-corrected chi connectivity index (χ0v) is 20.7. The highest BCUT2D eigenvalue weighted by Gasteiger charge is 2.37. The highest BCUT2D eigenvalue weighted by molar-refractivity contribution is 5.99. The summed E-state index contributed by atoms with van der Waals surface area (Å²) in [7, 11) is 4.56. The molecule has 0 bridgehead atoms. The van der Waals surface area contributed by atoms with Crippen molar-refractivity contribution in [3.8, 4) is 22.9 Å². The maximum absolute atomic E-state index is 13.7. The summed E-state index contributed by atoms with van der Waals surface area (Å²) in [5, 5.41) is 14.1. The summed E-state index contributed by atoms with van der Waals surface area (Å²) in [4.78, 5) is 45.7. The van der Waals surface area contributed by atoms with Gasteiger partial charge in [0, 0.05) is 53.8 Å². The fraction of sp³-hybridized carbons (Fsp3) is 0.143. The second kappa shape index (κ2) is 8.38. The molecule has 0 spiro atoms. The molecule has 188 valence electrons. The number of nitrogens with one attached hydrogen (secondary N) is 3. The highest BCUT2D eigenvalue weighted by Crippen LogP contribution is 2.47. The molecular formula is C28H22N6O4. The average Bonchev–Trinajstić information content (AvgIpc) is 3.37. The van der Waals surface area contributed by atoms with Gasteiger partial charge in [0.15, 0.2) is 0 Å². The van der Waals surface area contributed by atoms with Gasteiger partial charge in [-0.3, -0.25) is 18.7 Å². The molecule has 0 radical (unpaired) electrons. The zero-order chi connectivity index (χ0) is 26.7. The number of pyridine rings is 1. The molecule has 10 nitrogen and oxygen atoms in total. The maximum atomic E-state index is 13.7. The number of benzene rings is 2. The average molecular weight is 507 g/mol. The maximum Gasteiger partial charge on any atom is 0.332 e. The van der Waals surface area contributed by atoms with E-state index in [1.165, 1.54) is 11.6 Å². The molecule has 4 heterocycles. The van der Waals surface area contributed by atoms with Gasteiger partial charge in [-0.1, -0.05) is 30.3 Å². The van der Waals surface area contributed by atoms with E-state index in [-0.39, 0.29) is 11.4 Å². The lowest BCUT2D eigenvalue weighted by Gasteiger charge is -2.32. The monoisotopic (exact) mass is 506 g/mol. The number of para-hydroxylation sites is 1. The van der Waals surface area contributed by atoms with Crippen LogP contribution in [0.1, 0.15) is 28.2 Å². The molecule has 1 aliphatic heterocycles.